The van der Waals surface area contributed by atoms with Crippen LogP contribution >= 0.6 is 0 Å². The van der Waals surface area contributed by atoms with Crippen LogP contribution in [-0.2, 0) is 4.79 Å². The fraction of sp³-hybridized carbons (Fsp3) is 0.429. The zero-order valence-corrected chi connectivity index (χ0v) is 10.3. The molecule has 4 nitrogen and oxygen atoms in total. The molecule has 4 heteroatoms. The molecule has 2 N–H and O–H groups in total. The maximum atomic E-state index is 11.0. The summed E-state index contributed by atoms with van der Waals surface area (Å²) in [5.41, 5.74) is 7.04. The summed E-state index contributed by atoms with van der Waals surface area (Å²) in [6.07, 6.45) is 2.61. The average Bonchev–Trinajstić information content (AvgIpc) is 2.38. The summed E-state index contributed by atoms with van der Waals surface area (Å²) in [5, 5.41) is 8.77. The molecule has 1 fully saturated rings. The molecule has 0 radical (unpaired) electrons. The predicted octanol–water partition coefficient (Wildman–Crippen LogP) is 1.65. The summed E-state index contributed by atoms with van der Waals surface area (Å²) in [5.74, 6) is 0.133. The van der Waals surface area contributed by atoms with E-state index in [1.165, 1.54) is 0 Å². The highest BCUT2D eigenvalue weighted by Gasteiger charge is 2.21. The maximum Gasteiger partial charge on any atom is 0.217 e. The van der Waals surface area contributed by atoms with Crippen LogP contribution in [-0.4, -0.2) is 19.0 Å². The largest absolute Gasteiger partial charge is 0.371 e. The van der Waals surface area contributed by atoms with Gasteiger partial charge in [0.15, 0.2) is 0 Å². The molecular formula is C14H17N3O. The minimum Gasteiger partial charge on any atom is -0.371 e. The molecule has 1 atom stereocenters. The van der Waals surface area contributed by atoms with Crippen LogP contribution in [0.5, 0.6) is 0 Å². The first kappa shape index (κ1) is 12.4. The second-order valence-corrected chi connectivity index (χ2v) is 4.78. The number of carbonyl (C=O) groups is 1. The van der Waals surface area contributed by atoms with Gasteiger partial charge < -0.3 is 10.6 Å². The third-order valence-corrected chi connectivity index (χ3v) is 3.37. The monoisotopic (exact) mass is 243 g/mol. The van der Waals surface area contributed by atoms with Gasteiger partial charge in [-0.25, -0.2) is 0 Å². The van der Waals surface area contributed by atoms with Gasteiger partial charge in [0.05, 0.1) is 11.6 Å². The Bertz CT molecular complexity index is 461. The summed E-state index contributed by atoms with van der Waals surface area (Å²) in [4.78, 5) is 13.2. The molecule has 1 aromatic carbocycles. The van der Waals surface area contributed by atoms with E-state index in [1.54, 1.807) is 0 Å². The van der Waals surface area contributed by atoms with Crippen LogP contribution < -0.4 is 10.6 Å². The van der Waals surface area contributed by atoms with Crippen molar-refractivity contribution in [2.24, 2.45) is 11.7 Å². The van der Waals surface area contributed by atoms with Gasteiger partial charge in [-0.2, -0.15) is 5.26 Å². The first-order chi connectivity index (χ1) is 8.69. The van der Waals surface area contributed by atoms with E-state index in [0.29, 0.717) is 17.9 Å². The van der Waals surface area contributed by atoms with E-state index < -0.39 is 0 Å². The van der Waals surface area contributed by atoms with Crippen molar-refractivity contribution in [1.82, 2.24) is 0 Å². The van der Waals surface area contributed by atoms with E-state index in [0.717, 1.165) is 31.6 Å². The molecular weight excluding hydrogens is 226 g/mol. The van der Waals surface area contributed by atoms with E-state index in [9.17, 15) is 4.79 Å². The first-order valence-electron chi connectivity index (χ1n) is 6.22. The van der Waals surface area contributed by atoms with E-state index >= 15 is 0 Å². The standard InChI is InChI=1S/C14H17N3O/c15-9-11-3-5-13(6-4-11)17-7-1-2-12(10-17)8-14(16)18/h3-6,12H,1-2,7-8,10H2,(H2,16,18). The lowest BCUT2D eigenvalue weighted by molar-refractivity contribution is -0.118. The molecule has 0 spiro atoms. The lowest BCUT2D eigenvalue weighted by Crippen LogP contribution is -2.37. The fourth-order valence-electron chi connectivity index (χ4n) is 2.50. The Morgan fingerprint density at radius 1 is 1.44 bits per heavy atom. The Balaban J connectivity index is 2.03. The summed E-state index contributed by atoms with van der Waals surface area (Å²) in [7, 11) is 0. The van der Waals surface area contributed by atoms with Crippen molar-refractivity contribution in [3.8, 4) is 6.07 Å². The Hall–Kier alpha value is -2.02. The molecule has 1 heterocycles. The number of primary amides is 1. The van der Waals surface area contributed by atoms with Gasteiger partial charge in [0.1, 0.15) is 0 Å². The molecule has 18 heavy (non-hydrogen) atoms. The molecule has 0 saturated carbocycles. The Morgan fingerprint density at radius 2 is 2.17 bits per heavy atom. The van der Waals surface area contributed by atoms with Crippen molar-refractivity contribution < 1.29 is 4.79 Å². The normalized spacial score (nSPS) is 19.3. The van der Waals surface area contributed by atoms with Crippen molar-refractivity contribution in [3.05, 3.63) is 29.8 Å². The molecule has 1 aliphatic heterocycles. The summed E-state index contributed by atoms with van der Waals surface area (Å²) in [6, 6.07) is 9.69. The van der Waals surface area contributed by atoms with Crippen LogP contribution in [0.3, 0.4) is 0 Å². The van der Waals surface area contributed by atoms with Gasteiger partial charge in [0, 0.05) is 25.2 Å². The van der Waals surface area contributed by atoms with Crippen LogP contribution in [0.1, 0.15) is 24.8 Å². The number of rotatable bonds is 3. The number of hydrogen-bond donors (Lipinski definition) is 1. The van der Waals surface area contributed by atoms with Crippen molar-refractivity contribution in [3.63, 3.8) is 0 Å². The third-order valence-electron chi connectivity index (χ3n) is 3.37. The highest BCUT2D eigenvalue weighted by Crippen LogP contribution is 2.25. The molecule has 1 saturated heterocycles. The number of amides is 1. The fourth-order valence-corrected chi connectivity index (χ4v) is 2.50. The van der Waals surface area contributed by atoms with Gasteiger partial charge in [-0.15, -0.1) is 0 Å². The van der Waals surface area contributed by atoms with Crippen molar-refractivity contribution in [1.29, 1.82) is 5.26 Å². The van der Waals surface area contributed by atoms with Crippen molar-refractivity contribution >= 4 is 11.6 Å². The van der Waals surface area contributed by atoms with E-state index in [-0.39, 0.29) is 5.91 Å². The second-order valence-electron chi connectivity index (χ2n) is 4.78. The minimum absolute atomic E-state index is 0.221. The highest BCUT2D eigenvalue weighted by molar-refractivity contribution is 5.74. The average molecular weight is 243 g/mol. The third kappa shape index (κ3) is 3.01. The molecule has 94 valence electrons. The van der Waals surface area contributed by atoms with Crippen molar-refractivity contribution in [2.45, 2.75) is 19.3 Å². The number of hydrogen-bond acceptors (Lipinski definition) is 3. The molecule has 1 amide bonds. The summed E-state index contributed by atoms with van der Waals surface area (Å²) in [6.45, 7) is 1.87. The van der Waals surface area contributed by atoms with Crippen LogP contribution in [0.2, 0.25) is 0 Å². The smallest absolute Gasteiger partial charge is 0.217 e. The van der Waals surface area contributed by atoms with Gasteiger partial charge in [-0.1, -0.05) is 0 Å². The van der Waals surface area contributed by atoms with Crippen LogP contribution in [0.15, 0.2) is 24.3 Å². The number of piperidine rings is 1. The molecule has 1 aromatic rings. The highest BCUT2D eigenvalue weighted by atomic mass is 16.1. The predicted molar refractivity (Wildman–Crippen MR) is 69.9 cm³/mol. The number of benzene rings is 1. The topological polar surface area (TPSA) is 70.1 Å². The number of nitriles is 1. The van der Waals surface area contributed by atoms with E-state index in [2.05, 4.69) is 11.0 Å². The van der Waals surface area contributed by atoms with Crippen LogP contribution in [0, 0.1) is 17.2 Å². The number of carbonyl (C=O) groups excluding carboxylic acids is 1. The zero-order chi connectivity index (χ0) is 13.0. The number of anilines is 1. The summed E-state index contributed by atoms with van der Waals surface area (Å²) < 4.78 is 0. The molecule has 1 unspecified atom stereocenters. The molecule has 0 aromatic heterocycles. The Labute approximate surface area is 107 Å². The lowest BCUT2D eigenvalue weighted by Gasteiger charge is -2.34. The zero-order valence-electron chi connectivity index (χ0n) is 10.3. The van der Waals surface area contributed by atoms with Gasteiger partial charge >= 0.3 is 0 Å². The Morgan fingerprint density at radius 3 is 2.78 bits per heavy atom. The SMILES string of the molecule is N#Cc1ccc(N2CCCC(CC(N)=O)C2)cc1. The van der Waals surface area contributed by atoms with Gasteiger partial charge in [0.2, 0.25) is 5.91 Å². The summed E-state index contributed by atoms with van der Waals surface area (Å²) >= 11 is 0. The van der Waals surface area contributed by atoms with Crippen LogP contribution in [0.25, 0.3) is 0 Å². The van der Waals surface area contributed by atoms with Crippen molar-refractivity contribution in [2.75, 3.05) is 18.0 Å². The maximum absolute atomic E-state index is 11.0. The quantitative estimate of drug-likeness (QED) is 0.877. The van der Waals surface area contributed by atoms with Crippen LogP contribution in [0.4, 0.5) is 5.69 Å². The number of nitrogens with zero attached hydrogens (tertiary/aromatic N) is 2. The molecule has 2 rings (SSSR count). The van der Waals surface area contributed by atoms with E-state index in [4.69, 9.17) is 11.0 Å². The lowest BCUT2D eigenvalue weighted by atomic mass is 9.94. The Kier molecular flexibility index (Phi) is 3.83. The minimum atomic E-state index is -0.221. The van der Waals surface area contributed by atoms with Gasteiger partial charge in [0.25, 0.3) is 0 Å². The number of nitrogens with two attached hydrogens (primary N) is 1. The molecule has 1 aliphatic rings. The van der Waals surface area contributed by atoms with Gasteiger partial charge in [-0.3, -0.25) is 4.79 Å². The second kappa shape index (κ2) is 5.54. The first-order valence-corrected chi connectivity index (χ1v) is 6.22. The molecule has 0 aliphatic carbocycles. The van der Waals surface area contributed by atoms with E-state index in [1.807, 2.05) is 24.3 Å². The van der Waals surface area contributed by atoms with Gasteiger partial charge in [-0.05, 0) is 43.0 Å². The molecule has 0 bridgehead atoms.